The Morgan fingerprint density at radius 2 is 2.33 bits per heavy atom. The summed E-state index contributed by atoms with van der Waals surface area (Å²) in [5.74, 6) is 0.817. The third kappa shape index (κ3) is 4.32. The number of nitrogens with zero attached hydrogens (tertiary/aromatic N) is 1. The van der Waals surface area contributed by atoms with Crippen LogP contribution in [0.1, 0.15) is 18.4 Å². The lowest BCUT2D eigenvalue weighted by Gasteiger charge is -1.98. The lowest BCUT2D eigenvalue weighted by Crippen LogP contribution is -2.13. The van der Waals surface area contributed by atoms with Crippen molar-refractivity contribution < 1.29 is 0 Å². The first-order valence-corrected chi connectivity index (χ1v) is 5.95. The van der Waals surface area contributed by atoms with Gasteiger partial charge in [0, 0.05) is 17.5 Å². The van der Waals surface area contributed by atoms with Crippen LogP contribution < -0.4 is 5.56 Å². The van der Waals surface area contributed by atoms with Gasteiger partial charge in [-0.15, -0.1) is 0 Å². The minimum Gasteiger partial charge on any atom is -0.338 e. The van der Waals surface area contributed by atoms with E-state index in [1.165, 1.54) is 11.8 Å². The van der Waals surface area contributed by atoms with Crippen LogP contribution in [0.25, 0.3) is 0 Å². The highest BCUT2D eigenvalue weighted by atomic mass is 32.2. The smallest absolute Gasteiger partial charge is 0.254 e. The SMILES string of the molecule is N#CSCCCCc1c[nH]c(=S)[nH]c1=O. The standard InChI is InChI=1S/C9H11N3OS2/c10-6-15-4-2-1-3-7-5-11-9(14)12-8(7)13/h5H,1-4H2,(H2,11,12,13,14). The number of aromatic nitrogens is 2. The minimum atomic E-state index is -0.119. The fraction of sp³-hybridized carbons (Fsp3) is 0.444. The maximum absolute atomic E-state index is 11.4. The van der Waals surface area contributed by atoms with E-state index >= 15 is 0 Å². The number of hydrogen-bond acceptors (Lipinski definition) is 4. The molecule has 0 aliphatic rings. The first kappa shape index (κ1) is 12.0. The van der Waals surface area contributed by atoms with Crippen LogP contribution in [0.2, 0.25) is 0 Å². The topological polar surface area (TPSA) is 72.4 Å². The summed E-state index contributed by atoms with van der Waals surface area (Å²) in [6.07, 6.45) is 4.21. The van der Waals surface area contributed by atoms with Crippen molar-refractivity contribution in [1.29, 1.82) is 5.26 Å². The lowest BCUT2D eigenvalue weighted by atomic mass is 10.1. The number of unbranched alkanes of at least 4 members (excludes halogenated alkanes) is 1. The van der Waals surface area contributed by atoms with Gasteiger partial charge in [-0.2, -0.15) is 5.26 Å². The first-order chi connectivity index (χ1) is 7.24. The van der Waals surface area contributed by atoms with E-state index in [0.717, 1.165) is 18.6 Å². The van der Waals surface area contributed by atoms with Crippen LogP contribution in [0.4, 0.5) is 0 Å². The number of aryl methyl sites for hydroxylation is 1. The van der Waals surface area contributed by atoms with Crippen LogP contribution >= 0.6 is 24.0 Å². The third-order valence-electron chi connectivity index (χ3n) is 1.90. The fourth-order valence-corrected chi connectivity index (χ4v) is 1.75. The molecule has 0 spiro atoms. The second-order valence-corrected chi connectivity index (χ2v) is 4.28. The number of rotatable bonds is 5. The Balaban J connectivity index is 2.42. The zero-order chi connectivity index (χ0) is 11.1. The van der Waals surface area contributed by atoms with Gasteiger partial charge in [-0.05, 0) is 43.2 Å². The third-order valence-corrected chi connectivity index (χ3v) is 2.75. The number of nitriles is 1. The quantitative estimate of drug-likeness (QED) is 0.469. The molecule has 1 aromatic heterocycles. The van der Waals surface area contributed by atoms with Crippen molar-refractivity contribution in [2.75, 3.05) is 5.75 Å². The second kappa shape index (κ2) is 6.43. The molecule has 0 saturated heterocycles. The summed E-state index contributed by atoms with van der Waals surface area (Å²) in [6.45, 7) is 0. The largest absolute Gasteiger partial charge is 0.338 e. The van der Waals surface area contributed by atoms with Crippen LogP contribution in [-0.4, -0.2) is 15.7 Å². The zero-order valence-corrected chi connectivity index (χ0v) is 9.71. The Hall–Kier alpha value is -1.06. The maximum atomic E-state index is 11.4. The molecule has 0 aliphatic heterocycles. The van der Waals surface area contributed by atoms with Gasteiger partial charge < -0.3 is 4.98 Å². The van der Waals surface area contributed by atoms with Crippen LogP contribution in [0.3, 0.4) is 0 Å². The van der Waals surface area contributed by atoms with Crippen molar-refractivity contribution >= 4 is 24.0 Å². The molecule has 6 heteroatoms. The molecule has 0 bridgehead atoms. The van der Waals surface area contributed by atoms with Crippen molar-refractivity contribution in [2.45, 2.75) is 19.3 Å². The molecular formula is C9H11N3OS2. The Kier molecular flexibility index (Phi) is 5.15. The average Bonchev–Trinajstić information content (AvgIpc) is 2.20. The molecule has 15 heavy (non-hydrogen) atoms. The van der Waals surface area contributed by atoms with E-state index in [-0.39, 0.29) is 5.56 Å². The van der Waals surface area contributed by atoms with Gasteiger partial charge in [-0.3, -0.25) is 9.78 Å². The number of nitrogens with one attached hydrogen (secondary N) is 2. The minimum absolute atomic E-state index is 0.119. The van der Waals surface area contributed by atoms with Crippen LogP contribution in [0.15, 0.2) is 11.0 Å². The van der Waals surface area contributed by atoms with Crippen LogP contribution in [-0.2, 0) is 6.42 Å². The lowest BCUT2D eigenvalue weighted by molar-refractivity contribution is 0.787. The van der Waals surface area contributed by atoms with E-state index in [2.05, 4.69) is 9.97 Å². The summed E-state index contributed by atoms with van der Waals surface area (Å²) >= 11 is 6.02. The van der Waals surface area contributed by atoms with Gasteiger partial charge in [0.25, 0.3) is 5.56 Å². The molecule has 0 saturated carbocycles. The van der Waals surface area contributed by atoms with Gasteiger partial charge >= 0.3 is 0 Å². The second-order valence-electron chi connectivity index (χ2n) is 2.99. The summed E-state index contributed by atoms with van der Waals surface area (Å²) in [5, 5.41) is 10.3. The van der Waals surface area contributed by atoms with Crippen molar-refractivity contribution in [3.8, 4) is 5.40 Å². The van der Waals surface area contributed by atoms with E-state index < -0.39 is 0 Å². The normalized spacial score (nSPS) is 9.80. The highest BCUT2D eigenvalue weighted by molar-refractivity contribution is 8.03. The van der Waals surface area contributed by atoms with Crippen molar-refractivity contribution in [3.05, 3.63) is 26.9 Å². The zero-order valence-electron chi connectivity index (χ0n) is 8.08. The number of H-pyrrole nitrogens is 2. The van der Waals surface area contributed by atoms with Crippen LogP contribution in [0.5, 0.6) is 0 Å². The predicted octanol–water partition coefficient (Wildman–Crippen LogP) is 1.97. The molecule has 1 rings (SSSR count). The number of thiocyanates is 1. The molecule has 0 aromatic carbocycles. The van der Waals surface area contributed by atoms with Gasteiger partial charge in [-0.25, -0.2) is 0 Å². The highest BCUT2D eigenvalue weighted by Crippen LogP contribution is 2.04. The average molecular weight is 241 g/mol. The van der Waals surface area contributed by atoms with Gasteiger partial charge in [0.2, 0.25) is 0 Å². The summed E-state index contributed by atoms with van der Waals surface area (Å²) in [5.41, 5.74) is 0.595. The van der Waals surface area contributed by atoms with Crippen LogP contribution in [0, 0.1) is 15.4 Å². The summed E-state index contributed by atoms with van der Waals surface area (Å²) in [6, 6.07) is 0. The number of thioether (sulfide) groups is 1. The maximum Gasteiger partial charge on any atom is 0.254 e. The van der Waals surface area contributed by atoms with Crippen molar-refractivity contribution in [1.82, 2.24) is 9.97 Å². The summed E-state index contributed by atoms with van der Waals surface area (Å²) in [4.78, 5) is 16.7. The van der Waals surface area contributed by atoms with Crippen molar-refractivity contribution in [2.24, 2.45) is 0 Å². The molecule has 0 amide bonds. The number of aromatic amines is 2. The molecular weight excluding hydrogens is 230 g/mol. The molecule has 2 N–H and O–H groups in total. The monoisotopic (exact) mass is 241 g/mol. The Bertz CT molecular complexity index is 457. The van der Waals surface area contributed by atoms with Gasteiger partial charge in [-0.1, -0.05) is 0 Å². The van der Waals surface area contributed by atoms with Gasteiger partial charge in [0.15, 0.2) is 4.77 Å². The van der Waals surface area contributed by atoms with E-state index in [4.69, 9.17) is 17.5 Å². The molecule has 1 aromatic rings. The summed E-state index contributed by atoms with van der Waals surface area (Å²) < 4.78 is 0.351. The fourth-order valence-electron chi connectivity index (χ4n) is 1.16. The molecule has 1 heterocycles. The number of hydrogen-bond donors (Lipinski definition) is 2. The summed E-state index contributed by atoms with van der Waals surface area (Å²) in [7, 11) is 0. The molecule has 0 fully saturated rings. The van der Waals surface area contributed by atoms with E-state index in [0.29, 0.717) is 16.8 Å². The van der Waals surface area contributed by atoms with E-state index in [1.54, 1.807) is 6.20 Å². The van der Waals surface area contributed by atoms with E-state index in [9.17, 15) is 4.79 Å². The molecule has 0 aliphatic carbocycles. The van der Waals surface area contributed by atoms with Gasteiger partial charge in [0.05, 0.1) is 0 Å². The molecule has 80 valence electrons. The Morgan fingerprint density at radius 3 is 3.00 bits per heavy atom. The molecule has 0 atom stereocenters. The molecule has 4 nitrogen and oxygen atoms in total. The highest BCUT2D eigenvalue weighted by Gasteiger charge is 1.98. The molecule has 0 radical (unpaired) electrons. The predicted molar refractivity (Wildman–Crippen MR) is 63.3 cm³/mol. The van der Waals surface area contributed by atoms with E-state index in [1.807, 2.05) is 5.40 Å². The Morgan fingerprint density at radius 1 is 1.53 bits per heavy atom. The Labute approximate surface area is 96.7 Å². The first-order valence-electron chi connectivity index (χ1n) is 4.56. The van der Waals surface area contributed by atoms with Crippen molar-refractivity contribution in [3.63, 3.8) is 0 Å². The van der Waals surface area contributed by atoms with Gasteiger partial charge in [0.1, 0.15) is 5.40 Å². The molecule has 0 unspecified atom stereocenters.